The summed E-state index contributed by atoms with van der Waals surface area (Å²) in [7, 11) is 0. The van der Waals surface area contributed by atoms with Gasteiger partial charge in [-0.05, 0) is 59.6 Å². The fraction of sp³-hybridized carbons (Fsp3) is 0.370. The van der Waals surface area contributed by atoms with Crippen LogP contribution in [0.15, 0.2) is 66.9 Å². The van der Waals surface area contributed by atoms with E-state index in [-0.39, 0.29) is 0 Å². The van der Waals surface area contributed by atoms with Gasteiger partial charge in [0.2, 0.25) is 0 Å². The van der Waals surface area contributed by atoms with E-state index in [1.807, 2.05) is 6.20 Å². The van der Waals surface area contributed by atoms with Gasteiger partial charge in [0.15, 0.2) is 0 Å². The lowest BCUT2D eigenvalue weighted by molar-refractivity contribution is 0.145. The van der Waals surface area contributed by atoms with Crippen molar-refractivity contribution in [2.45, 2.75) is 57.4 Å². The maximum Gasteiger partial charge on any atom is 0.0607 e. The Balaban J connectivity index is 1.42. The van der Waals surface area contributed by atoms with Crippen LogP contribution in [0, 0.1) is 0 Å². The summed E-state index contributed by atoms with van der Waals surface area (Å²) in [5.74, 6) is 0. The van der Waals surface area contributed by atoms with Crippen LogP contribution in [0.4, 0.5) is 0 Å². The molecule has 31 heavy (non-hydrogen) atoms. The quantitative estimate of drug-likeness (QED) is 0.639. The maximum absolute atomic E-state index is 5.92. The number of nitrogens with zero attached hydrogens (tertiary/aromatic N) is 2. The molecule has 2 heterocycles. The van der Waals surface area contributed by atoms with Crippen LogP contribution in [0.5, 0.6) is 0 Å². The van der Waals surface area contributed by atoms with Crippen molar-refractivity contribution in [3.8, 4) is 0 Å². The molecule has 0 saturated heterocycles. The summed E-state index contributed by atoms with van der Waals surface area (Å²) in [6.07, 6.45) is 6.58. The third kappa shape index (κ3) is 4.57. The molecule has 0 fully saturated rings. The minimum Gasteiger partial charge on any atom is -0.326 e. The molecule has 1 aromatic heterocycles. The highest BCUT2D eigenvalue weighted by Crippen LogP contribution is 2.34. The van der Waals surface area contributed by atoms with Crippen LogP contribution in [0.1, 0.15) is 52.4 Å². The second kappa shape index (κ2) is 9.31. The highest BCUT2D eigenvalue weighted by Gasteiger charge is 2.30. The van der Waals surface area contributed by atoms with Gasteiger partial charge in [0.25, 0.3) is 0 Å². The molecule has 0 bridgehead atoms. The summed E-state index contributed by atoms with van der Waals surface area (Å²) in [5.41, 5.74) is 14.1. The number of nitrogens with one attached hydrogen (secondary N) is 1. The molecule has 0 saturated carbocycles. The lowest BCUT2D eigenvalue weighted by atomic mass is 9.89. The van der Waals surface area contributed by atoms with E-state index < -0.39 is 0 Å². The predicted octanol–water partition coefficient (Wildman–Crippen LogP) is 4.13. The number of aromatic nitrogens is 1. The number of fused-ring (bicyclic) bond motifs is 2. The van der Waals surface area contributed by atoms with Crippen molar-refractivity contribution >= 4 is 0 Å². The van der Waals surface area contributed by atoms with Gasteiger partial charge in [-0.25, -0.2) is 0 Å². The van der Waals surface area contributed by atoms with Crippen molar-refractivity contribution in [2.75, 3.05) is 6.54 Å². The summed E-state index contributed by atoms with van der Waals surface area (Å²) < 4.78 is 0. The first kappa shape index (κ1) is 20.4. The van der Waals surface area contributed by atoms with Crippen LogP contribution in [0.25, 0.3) is 0 Å². The fourth-order valence-electron chi connectivity index (χ4n) is 5.27. The van der Waals surface area contributed by atoms with Crippen molar-refractivity contribution < 1.29 is 0 Å². The fourth-order valence-corrected chi connectivity index (χ4v) is 5.27. The minimum absolute atomic E-state index is 0.366. The van der Waals surface area contributed by atoms with Crippen LogP contribution in [-0.4, -0.2) is 22.5 Å². The van der Waals surface area contributed by atoms with Gasteiger partial charge in [-0.15, -0.1) is 0 Å². The summed E-state index contributed by atoms with van der Waals surface area (Å²) in [5, 5.41) is 3.80. The van der Waals surface area contributed by atoms with Crippen LogP contribution < -0.4 is 11.1 Å². The van der Waals surface area contributed by atoms with Gasteiger partial charge in [-0.1, -0.05) is 54.6 Å². The molecule has 0 spiro atoms. The van der Waals surface area contributed by atoms with Crippen molar-refractivity contribution in [1.82, 2.24) is 15.2 Å². The van der Waals surface area contributed by atoms with E-state index >= 15 is 0 Å². The molecular weight excluding hydrogens is 380 g/mol. The van der Waals surface area contributed by atoms with E-state index in [0.717, 1.165) is 32.5 Å². The van der Waals surface area contributed by atoms with Gasteiger partial charge < -0.3 is 11.1 Å². The Hall–Kier alpha value is -2.53. The molecule has 160 valence electrons. The number of nitrogens with two attached hydrogens (primary N) is 1. The van der Waals surface area contributed by atoms with E-state index in [9.17, 15) is 0 Å². The molecule has 2 unspecified atom stereocenters. The Kier molecular flexibility index (Phi) is 6.12. The zero-order valence-corrected chi connectivity index (χ0v) is 18.1. The summed E-state index contributed by atoms with van der Waals surface area (Å²) in [4.78, 5) is 7.50. The van der Waals surface area contributed by atoms with Gasteiger partial charge >= 0.3 is 0 Å². The molecule has 2 aromatic carbocycles. The first-order chi connectivity index (χ1) is 15.3. The largest absolute Gasteiger partial charge is 0.326 e. The van der Waals surface area contributed by atoms with Gasteiger partial charge in [0.05, 0.1) is 11.7 Å². The molecule has 1 aliphatic heterocycles. The number of hydrogen-bond donors (Lipinski definition) is 2. The van der Waals surface area contributed by atoms with Gasteiger partial charge in [-0.3, -0.25) is 9.88 Å². The number of benzene rings is 2. The van der Waals surface area contributed by atoms with Gasteiger partial charge in [-0.2, -0.15) is 0 Å². The Morgan fingerprint density at radius 3 is 2.71 bits per heavy atom. The molecule has 0 amide bonds. The second-order valence-electron chi connectivity index (χ2n) is 8.96. The second-order valence-corrected chi connectivity index (χ2v) is 8.96. The third-order valence-corrected chi connectivity index (χ3v) is 6.84. The van der Waals surface area contributed by atoms with E-state index in [1.165, 1.54) is 46.4 Å². The van der Waals surface area contributed by atoms with Crippen LogP contribution in [0.3, 0.4) is 0 Å². The molecule has 5 rings (SSSR count). The van der Waals surface area contributed by atoms with Crippen LogP contribution >= 0.6 is 0 Å². The zero-order chi connectivity index (χ0) is 21.0. The molecule has 2 atom stereocenters. The Morgan fingerprint density at radius 2 is 1.81 bits per heavy atom. The Labute approximate surface area is 185 Å². The molecule has 0 radical (unpaired) electrons. The Bertz CT molecular complexity index is 1030. The van der Waals surface area contributed by atoms with Crippen molar-refractivity contribution in [3.63, 3.8) is 0 Å². The number of aryl methyl sites for hydroxylation is 1. The number of rotatable bonds is 6. The average molecular weight is 413 g/mol. The molecule has 3 N–H and O–H groups in total. The van der Waals surface area contributed by atoms with Crippen molar-refractivity contribution in [3.05, 3.63) is 100 Å². The molecule has 4 heteroatoms. The monoisotopic (exact) mass is 412 g/mol. The third-order valence-electron chi connectivity index (χ3n) is 6.84. The maximum atomic E-state index is 5.92. The van der Waals surface area contributed by atoms with Crippen molar-refractivity contribution in [1.29, 1.82) is 0 Å². The first-order valence-corrected chi connectivity index (χ1v) is 11.6. The molecule has 3 aromatic rings. The standard InChI is InChI=1S/C27H32N4/c28-16-20-6-3-7-21(14-20)18-31(26-12-4-10-22-11-5-13-29-27(22)26)19-25-15-23-8-1-2-9-24(23)17-30-25/h1-3,5-9,11,13-14,25-26,30H,4,10,12,15-19,28H2. The molecule has 4 nitrogen and oxygen atoms in total. The van der Waals surface area contributed by atoms with E-state index in [1.54, 1.807) is 0 Å². The average Bonchev–Trinajstić information content (AvgIpc) is 2.83. The summed E-state index contributed by atoms with van der Waals surface area (Å²) in [6, 6.07) is 22.7. The zero-order valence-electron chi connectivity index (χ0n) is 18.1. The minimum atomic E-state index is 0.366. The summed E-state index contributed by atoms with van der Waals surface area (Å²) >= 11 is 0. The van der Waals surface area contributed by atoms with Crippen LogP contribution in [-0.2, 0) is 32.5 Å². The number of pyridine rings is 1. The van der Waals surface area contributed by atoms with Crippen LogP contribution in [0.2, 0.25) is 0 Å². The number of hydrogen-bond acceptors (Lipinski definition) is 4. The van der Waals surface area contributed by atoms with E-state index in [4.69, 9.17) is 10.7 Å². The normalized spacial score (nSPS) is 20.3. The lowest BCUT2D eigenvalue weighted by Crippen LogP contribution is -2.46. The topological polar surface area (TPSA) is 54.2 Å². The smallest absolute Gasteiger partial charge is 0.0607 e. The van der Waals surface area contributed by atoms with Gasteiger partial charge in [0.1, 0.15) is 0 Å². The highest BCUT2D eigenvalue weighted by atomic mass is 15.2. The van der Waals surface area contributed by atoms with E-state index in [2.05, 4.69) is 70.9 Å². The summed E-state index contributed by atoms with van der Waals surface area (Å²) in [6.45, 7) is 3.48. The molecular formula is C27H32N4. The molecule has 1 aliphatic carbocycles. The SMILES string of the molecule is NCc1cccc(CN(CC2Cc3ccccc3CN2)C2CCCc3cccnc32)c1. The molecule has 2 aliphatic rings. The highest BCUT2D eigenvalue weighted by molar-refractivity contribution is 5.31. The lowest BCUT2D eigenvalue weighted by Gasteiger charge is -2.38. The Morgan fingerprint density at radius 1 is 0.968 bits per heavy atom. The van der Waals surface area contributed by atoms with Gasteiger partial charge in [0, 0.05) is 38.4 Å². The van der Waals surface area contributed by atoms with Crippen molar-refractivity contribution in [2.24, 2.45) is 5.73 Å². The predicted molar refractivity (Wildman–Crippen MR) is 125 cm³/mol. The first-order valence-electron chi connectivity index (χ1n) is 11.6. The van der Waals surface area contributed by atoms with E-state index in [0.29, 0.717) is 18.6 Å².